The van der Waals surface area contributed by atoms with Crippen molar-refractivity contribution in [2.75, 3.05) is 6.61 Å². The van der Waals surface area contributed by atoms with Crippen molar-refractivity contribution < 1.29 is 4.74 Å². The van der Waals surface area contributed by atoms with Crippen LogP contribution in [0, 0.1) is 5.92 Å². The maximum Gasteiger partial charge on any atom is 0.0749 e. The number of nitrogens with two attached hydrogens (primary N) is 1. The van der Waals surface area contributed by atoms with Gasteiger partial charge in [-0.15, -0.1) is 0 Å². The zero-order valence-corrected chi connectivity index (χ0v) is 11.3. The van der Waals surface area contributed by atoms with Crippen molar-refractivity contribution >= 4 is 10.9 Å². The zero-order chi connectivity index (χ0) is 13.2. The molecular weight excluding hydrogens is 236 g/mol. The van der Waals surface area contributed by atoms with Crippen molar-refractivity contribution in [2.24, 2.45) is 11.7 Å². The van der Waals surface area contributed by atoms with Crippen LogP contribution in [0.4, 0.5) is 0 Å². The molecular formula is C16H20N2O. The van der Waals surface area contributed by atoms with Gasteiger partial charge in [0.05, 0.1) is 11.6 Å². The fourth-order valence-electron chi connectivity index (χ4n) is 3.12. The molecule has 3 rings (SSSR count). The van der Waals surface area contributed by atoms with E-state index < -0.39 is 0 Å². The van der Waals surface area contributed by atoms with Gasteiger partial charge in [0.15, 0.2) is 0 Å². The van der Waals surface area contributed by atoms with Gasteiger partial charge in [0.2, 0.25) is 0 Å². The number of benzene rings is 1. The second-order valence-electron chi connectivity index (χ2n) is 5.22. The average Bonchev–Trinajstić information content (AvgIpc) is 2.94. The summed E-state index contributed by atoms with van der Waals surface area (Å²) in [5.74, 6) is 0.401. The highest BCUT2D eigenvalue weighted by molar-refractivity contribution is 5.82. The first-order valence-electron chi connectivity index (χ1n) is 7.02. The maximum atomic E-state index is 6.51. The smallest absolute Gasteiger partial charge is 0.0749 e. The molecule has 2 heterocycles. The number of ether oxygens (including phenoxy) is 1. The van der Waals surface area contributed by atoms with E-state index in [9.17, 15) is 0 Å². The molecule has 0 aliphatic carbocycles. The fraction of sp³-hybridized carbons (Fsp3) is 0.438. The van der Waals surface area contributed by atoms with Crippen LogP contribution in [0.25, 0.3) is 10.9 Å². The Hall–Kier alpha value is -1.45. The number of pyridine rings is 1. The minimum Gasteiger partial charge on any atom is -0.378 e. The van der Waals surface area contributed by atoms with E-state index in [-0.39, 0.29) is 12.1 Å². The van der Waals surface area contributed by atoms with Crippen LogP contribution < -0.4 is 5.73 Å². The summed E-state index contributed by atoms with van der Waals surface area (Å²) < 4.78 is 5.77. The highest BCUT2D eigenvalue weighted by Gasteiger charge is 2.33. The molecule has 2 aromatic rings. The lowest BCUT2D eigenvalue weighted by atomic mass is 9.86. The van der Waals surface area contributed by atoms with Crippen LogP contribution in [0.1, 0.15) is 31.4 Å². The third-order valence-electron chi connectivity index (χ3n) is 4.15. The van der Waals surface area contributed by atoms with Gasteiger partial charge in [-0.05, 0) is 24.5 Å². The van der Waals surface area contributed by atoms with Crippen molar-refractivity contribution in [3.63, 3.8) is 0 Å². The summed E-state index contributed by atoms with van der Waals surface area (Å²) in [7, 11) is 0. The van der Waals surface area contributed by atoms with Gasteiger partial charge in [-0.1, -0.05) is 31.2 Å². The first kappa shape index (κ1) is 12.6. The number of hydrogen-bond donors (Lipinski definition) is 1. The van der Waals surface area contributed by atoms with Crippen molar-refractivity contribution in [3.8, 4) is 0 Å². The number of fused-ring (bicyclic) bond motifs is 1. The number of rotatable bonds is 3. The first-order chi connectivity index (χ1) is 9.31. The van der Waals surface area contributed by atoms with Crippen molar-refractivity contribution in [2.45, 2.75) is 31.9 Å². The molecule has 1 aliphatic rings. The number of aromatic nitrogens is 1. The van der Waals surface area contributed by atoms with Gasteiger partial charge in [-0.2, -0.15) is 0 Å². The predicted molar refractivity (Wildman–Crippen MR) is 76.8 cm³/mol. The molecule has 2 N–H and O–H groups in total. The molecule has 1 saturated heterocycles. The molecule has 3 nitrogen and oxygen atoms in total. The van der Waals surface area contributed by atoms with Gasteiger partial charge >= 0.3 is 0 Å². The second-order valence-corrected chi connectivity index (χ2v) is 5.22. The summed E-state index contributed by atoms with van der Waals surface area (Å²) in [5, 5.41) is 1.16. The van der Waals surface area contributed by atoms with Gasteiger partial charge < -0.3 is 10.5 Å². The number of hydrogen-bond acceptors (Lipinski definition) is 3. The lowest BCUT2D eigenvalue weighted by Crippen LogP contribution is -2.28. The molecule has 3 heteroatoms. The third kappa shape index (κ3) is 2.24. The molecule has 0 spiro atoms. The summed E-state index contributed by atoms with van der Waals surface area (Å²) in [4.78, 5) is 4.50. The molecule has 1 aromatic carbocycles. The van der Waals surface area contributed by atoms with E-state index in [2.05, 4.69) is 36.2 Å². The SMILES string of the molecule is CCC1OCCC1C(N)c1cccc2cccnc12. The van der Waals surface area contributed by atoms with Crippen molar-refractivity contribution in [1.82, 2.24) is 4.98 Å². The van der Waals surface area contributed by atoms with Gasteiger partial charge in [-0.3, -0.25) is 4.98 Å². The van der Waals surface area contributed by atoms with Gasteiger partial charge in [0.1, 0.15) is 0 Å². The van der Waals surface area contributed by atoms with E-state index in [1.807, 2.05) is 12.3 Å². The van der Waals surface area contributed by atoms with Gasteiger partial charge in [-0.25, -0.2) is 0 Å². The van der Waals surface area contributed by atoms with E-state index >= 15 is 0 Å². The summed E-state index contributed by atoms with van der Waals surface area (Å²) in [5.41, 5.74) is 8.68. The summed E-state index contributed by atoms with van der Waals surface area (Å²) in [6.07, 6.45) is 4.19. The van der Waals surface area contributed by atoms with Crippen molar-refractivity contribution in [3.05, 3.63) is 42.1 Å². The number of para-hydroxylation sites is 1. The molecule has 0 radical (unpaired) electrons. The Labute approximate surface area is 113 Å². The molecule has 0 amide bonds. The Morgan fingerprint density at radius 1 is 1.37 bits per heavy atom. The van der Waals surface area contributed by atoms with Crippen LogP contribution in [0.2, 0.25) is 0 Å². The lowest BCUT2D eigenvalue weighted by Gasteiger charge is -2.24. The van der Waals surface area contributed by atoms with Crippen molar-refractivity contribution in [1.29, 1.82) is 0 Å². The van der Waals surface area contributed by atoms with Crippen LogP contribution >= 0.6 is 0 Å². The topological polar surface area (TPSA) is 48.1 Å². The molecule has 0 bridgehead atoms. The Bertz CT molecular complexity index is 564. The summed E-state index contributed by atoms with van der Waals surface area (Å²) in [6.45, 7) is 2.99. The fourth-order valence-corrected chi connectivity index (χ4v) is 3.12. The lowest BCUT2D eigenvalue weighted by molar-refractivity contribution is 0.0814. The highest BCUT2D eigenvalue weighted by Crippen LogP contribution is 2.35. The van der Waals surface area contributed by atoms with Crippen LogP contribution in [0.5, 0.6) is 0 Å². The first-order valence-corrected chi connectivity index (χ1v) is 7.02. The summed E-state index contributed by atoms with van der Waals surface area (Å²) in [6, 6.07) is 10.3. The normalized spacial score (nSPS) is 24.7. The van der Waals surface area contributed by atoms with Crippen LogP contribution in [0.3, 0.4) is 0 Å². The minimum atomic E-state index is 0.00560. The van der Waals surface area contributed by atoms with Gasteiger partial charge in [0, 0.05) is 30.1 Å². The summed E-state index contributed by atoms with van der Waals surface area (Å²) >= 11 is 0. The molecule has 19 heavy (non-hydrogen) atoms. The van der Waals surface area contributed by atoms with Crippen LogP contribution in [-0.4, -0.2) is 17.7 Å². The third-order valence-corrected chi connectivity index (χ3v) is 4.15. The maximum absolute atomic E-state index is 6.51. The van der Waals surface area contributed by atoms with Crippen LogP contribution in [-0.2, 0) is 4.74 Å². The Balaban J connectivity index is 1.99. The molecule has 100 valence electrons. The monoisotopic (exact) mass is 256 g/mol. The quantitative estimate of drug-likeness (QED) is 0.918. The van der Waals surface area contributed by atoms with Crippen LogP contribution in [0.15, 0.2) is 36.5 Å². The molecule has 1 fully saturated rings. The van der Waals surface area contributed by atoms with E-state index in [1.165, 1.54) is 0 Å². The largest absolute Gasteiger partial charge is 0.378 e. The van der Waals surface area contributed by atoms with E-state index in [1.54, 1.807) is 0 Å². The Kier molecular flexibility index (Phi) is 3.49. The highest BCUT2D eigenvalue weighted by atomic mass is 16.5. The molecule has 1 aromatic heterocycles. The average molecular weight is 256 g/mol. The van der Waals surface area contributed by atoms with Gasteiger partial charge in [0.25, 0.3) is 0 Å². The molecule has 1 aliphatic heterocycles. The Morgan fingerprint density at radius 3 is 3.05 bits per heavy atom. The van der Waals surface area contributed by atoms with E-state index in [0.29, 0.717) is 5.92 Å². The van der Waals surface area contributed by atoms with E-state index in [0.717, 1.165) is 35.9 Å². The second kappa shape index (κ2) is 5.27. The standard InChI is InChI=1S/C16H20N2O/c1-2-14-12(8-10-19-14)15(17)13-7-3-5-11-6-4-9-18-16(11)13/h3-7,9,12,14-15H,2,8,10,17H2,1H3. The van der Waals surface area contributed by atoms with E-state index in [4.69, 9.17) is 10.5 Å². The Morgan fingerprint density at radius 2 is 2.21 bits per heavy atom. The molecule has 3 unspecified atom stereocenters. The molecule has 3 atom stereocenters. The predicted octanol–water partition coefficient (Wildman–Crippen LogP) is 3.05. The number of nitrogens with zero attached hydrogens (tertiary/aromatic N) is 1. The zero-order valence-electron chi connectivity index (χ0n) is 11.3. The minimum absolute atomic E-state index is 0.00560. The molecule has 0 saturated carbocycles.